The Morgan fingerprint density at radius 2 is 2.07 bits per heavy atom. The summed E-state index contributed by atoms with van der Waals surface area (Å²) in [7, 11) is 0. The Hall–Kier alpha value is -0.170. The molecule has 0 amide bonds. The normalized spacial score (nSPS) is 10.3. The van der Waals surface area contributed by atoms with Crippen LogP contribution in [-0.2, 0) is 0 Å². The summed E-state index contributed by atoms with van der Waals surface area (Å²) in [6, 6.07) is 5.51. The highest BCUT2D eigenvalue weighted by Crippen LogP contribution is 2.30. The Balaban J connectivity index is 2.27. The van der Waals surface area contributed by atoms with Crippen LogP contribution in [0.4, 0.5) is 10.8 Å². The molecule has 0 spiro atoms. The first kappa shape index (κ1) is 11.3. The van der Waals surface area contributed by atoms with Gasteiger partial charge in [-0.25, -0.2) is 0 Å². The van der Waals surface area contributed by atoms with Crippen molar-refractivity contribution in [2.24, 2.45) is 0 Å². The molecule has 1 heterocycles. The summed E-state index contributed by atoms with van der Waals surface area (Å²) in [4.78, 5) is 0. The van der Waals surface area contributed by atoms with E-state index in [1.165, 1.54) is 11.3 Å². The van der Waals surface area contributed by atoms with Crippen molar-refractivity contribution < 1.29 is 0 Å². The van der Waals surface area contributed by atoms with Gasteiger partial charge in [-0.3, -0.25) is 0 Å². The molecular formula is C8H4Br2ClN3S. The number of anilines is 2. The molecule has 0 aliphatic rings. The molecular weight excluding hydrogens is 365 g/mol. The fourth-order valence-corrected chi connectivity index (χ4v) is 2.51. The monoisotopic (exact) mass is 367 g/mol. The van der Waals surface area contributed by atoms with Crippen LogP contribution in [0.5, 0.6) is 0 Å². The number of hydrogen-bond acceptors (Lipinski definition) is 4. The van der Waals surface area contributed by atoms with E-state index in [4.69, 9.17) is 11.6 Å². The van der Waals surface area contributed by atoms with Crippen LogP contribution in [0.25, 0.3) is 0 Å². The van der Waals surface area contributed by atoms with Crippen LogP contribution in [-0.4, -0.2) is 10.2 Å². The zero-order valence-corrected chi connectivity index (χ0v) is 11.9. The Kier molecular flexibility index (Phi) is 3.60. The van der Waals surface area contributed by atoms with Gasteiger partial charge in [0, 0.05) is 9.50 Å². The average molecular weight is 369 g/mol. The number of halogens is 3. The number of aromatic nitrogens is 2. The van der Waals surface area contributed by atoms with Crippen LogP contribution in [0.1, 0.15) is 0 Å². The Bertz CT molecular complexity index is 488. The first-order valence-electron chi connectivity index (χ1n) is 3.86. The molecule has 0 bridgehead atoms. The first-order chi connectivity index (χ1) is 7.15. The van der Waals surface area contributed by atoms with Crippen LogP contribution in [0.2, 0.25) is 5.02 Å². The molecule has 1 aromatic heterocycles. The summed E-state index contributed by atoms with van der Waals surface area (Å²) in [5.41, 5.74) is 0.867. The highest BCUT2D eigenvalue weighted by molar-refractivity contribution is 9.11. The molecule has 2 aromatic rings. The van der Waals surface area contributed by atoms with Crippen LogP contribution in [0.15, 0.2) is 26.6 Å². The number of nitrogens with one attached hydrogen (secondary N) is 1. The largest absolute Gasteiger partial charge is 0.329 e. The van der Waals surface area contributed by atoms with Gasteiger partial charge in [-0.15, -0.1) is 10.2 Å². The highest BCUT2D eigenvalue weighted by atomic mass is 79.9. The van der Waals surface area contributed by atoms with E-state index in [-0.39, 0.29) is 0 Å². The lowest BCUT2D eigenvalue weighted by molar-refractivity contribution is 1.07. The molecule has 1 aromatic carbocycles. The number of nitrogens with zero attached hydrogens (tertiary/aromatic N) is 2. The summed E-state index contributed by atoms with van der Waals surface area (Å²) in [5, 5.41) is 12.3. The van der Waals surface area contributed by atoms with E-state index < -0.39 is 0 Å². The zero-order chi connectivity index (χ0) is 10.8. The molecule has 7 heteroatoms. The lowest BCUT2D eigenvalue weighted by Crippen LogP contribution is -1.90. The predicted octanol–water partition coefficient (Wildman–Crippen LogP) is 4.46. The van der Waals surface area contributed by atoms with Gasteiger partial charge in [-0.1, -0.05) is 22.9 Å². The molecule has 15 heavy (non-hydrogen) atoms. The molecule has 0 aliphatic heterocycles. The second kappa shape index (κ2) is 4.78. The summed E-state index contributed by atoms with van der Waals surface area (Å²) in [6.07, 6.45) is 0. The average Bonchev–Trinajstić information content (AvgIpc) is 2.58. The molecule has 0 atom stereocenters. The summed E-state index contributed by atoms with van der Waals surface area (Å²) >= 11 is 14.0. The zero-order valence-electron chi connectivity index (χ0n) is 7.17. The Labute approximate surface area is 112 Å². The van der Waals surface area contributed by atoms with Gasteiger partial charge in [-0.2, -0.15) is 0 Å². The van der Waals surface area contributed by atoms with Crippen LogP contribution in [0, 0.1) is 0 Å². The summed E-state index contributed by atoms with van der Waals surface area (Å²) in [6.45, 7) is 0. The molecule has 0 saturated heterocycles. The topological polar surface area (TPSA) is 37.8 Å². The van der Waals surface area contributed by atoms with E-state index >= 15 is 0 Å². The minimum atomic E-state index is 0.671. The maximum atomic E-state index is 5.89. The molecule has 0 unspecified atom stereocenters. The molecule has 3 nitrogen and oxygen atoms in total. The second-order valence-electron chi connectivity index (χ2n) is 2.61. The SMILES string of the molecule is Clc1ccc(Br)c(Nc2nnc(Br)s2)c1. The van der Waals surface area contributed by atoms with Crippen molar-refractivity contribution in [3.8, 4) is 0 Å². The van der Waals surface area contributed by atoms with Gasteiger partial charge in [-0.05, 0) is 50.1 Å². The van der Waals surface area contributed by atoms with Gasteiger partial charge in [0.15, 0.2) is 3.92 Å². The summed E-state index contributed by atoms with van der Waals surface area (Å²) < 4.78 is 1.67. The smallest absolute Gasteiger partial charge is 0.210 e. The standard InChI is InChI=1S/C8H4Br2ClN3S/c9-5-2-1-4(11)3-6(5)12-8-14-13-7(10)15-8/h1-3H,(H,12,14). The Morgan fingerprint density at radius 3 is 2.73 bits per heavy atom. The minimum Gasteiger partial charge on any atom is -0.329 e. The molecule has 78 valence electrons. The maximum absolute atomic E-state index is 5.89. The molecule has 2 rings (SSSR count). The van der Waals surface area contributed by atoms with Gasteiger partial charge in [0.1, 0.15) is 0 Å². The fourth-order valence-electron chi connectivity index (χ4n) is 0.964. The summed E-state index contributed by atoms with van der Waals surface area (Å²) in [5.74, 6) is 0. The van der Waals surface area contributed by atoms with Gasteiger partial charge in [0.05, 0.1) is 5.69 Å². The van der Waals surface area contributed by atoms with Gasteiger partial charge in [0.2, 0.25) is 5.13 Å². The predicted molar refractivity (Wildman–Crippen MR) is 70.0 cm³/mol. The Morgan fingerprint density at radius 1 is 1.27 bits per heavy atom. The van der Waals surface area contributed by atoms with Crippen molar-refractivity contribution in [3.05, 3.63) is 31.6 Å². The molecule has 0 saturated carbocycles. The maximum Gasteiger partial charge on any atom is 0.210 e. The third-order valence-corrected chi connectivity index (χ3v) is 3.77. The van der Waals surface area contributed by atoms with E-state index in [1.807, 2.05) is 18.2 Å². The van der Waals surface area contributed by atoms with Crippen LogP contribution < -0.4 is 5.32 Å². The minimum absolute atomic E-state index is 0.671. The van der Waals surface area contributed by atoms with E-state index in [0.717, 1.165) is 14.1 Å². The fraction of sp³-hybridized carbons (Fsp3) is 0. The first-order valence-corrected chi connectivity index (χ1v) is 6.64. The van der Waals surface area contributed by atoms with Crippen molar-refractivity contribution in [1.29, 1.82) is 0 Å². The van der Waals surface area contributed by atoms with Crippen molar-refractivity contribution in [2.75, 3.05) is 5.32 Å². The molecule has 1 N–H and O–H groups in total. The van der Waals surface area contributed by atoms with Crippen LogP contribution in [0.3, 0.4) is 0 Å². The second-order valence-corrected chi connectivity index (χ2v) is 6.15. The lowest BCUT2D eigenvalue weighted by Gasteiger charge is -2.04. The molecule has 0 radical (unpaired) electrons. The third-order valence-electron chi connectivity index (χ3n) is 1.57. The van der Waals surface area contributed by atoms with E-state index in [0.29, 0.717) is 10.2 Å². The number of hydrogen-bond donors (Lipinski definition) is 1. The number of rotatable bonds is 2. The van der Waals surface area contributed by atoms with Crippen molar-refractivity contribution in [1.82, 2.24) is 10.2 Å². The quantitative estimate of drug-likeness (QED) is 0.849. The van der Waals surface area contributed by atoms with E-state index in [2.05, 4.69) is 47.4 Å². The van der Waals surface area contributed by atoms with Crippen molar-refractivity contribution in [3.63, 3.8) is 0 Å². The number of benzene rings is 1. The highest BCUT2D eigenvalue weighted by Gasteiger charge is 2.05. The molecule has 0 aliphatic carbocycles. The lowest BCUT2D eigenvalue weighted by atomic mass is 10.3. The van der Waals surface area contributed by atoms with Crippen molar-refractivity contribution >= 4 is 65.6 Å². The van der Waals surface area contributed by atoms with Crippen molar-refractivity contribution in [2.45, 2.75) is 0 Å². The van der Waals surface area contributed by atoms with Crippen LogP contribution >= 0.6 is 54.8 Å². The van der Waals surface area contributed by atoms with Gasteiger partial charge in [0.25, 0.3) is 0 Å². The van der Waals surface area contributed by atoms with E-state index in [1.54, 1.807) is 0 Å². The molecule has 0 fully saturated rings. The van der Waals surface area contributed by atoms with Gasteiger partial charge >= 0.3 is 0 Å². The van der Waals surface area contributed by atoms with Gasteiger partial charge < -0.3 is 5.32 Å². The van der Waals surface area contributed by atoms with E-state index in [9.17, 15) is 0 Å². The third kappa shape index (κ3) is 2.90.